The summed E-state index contributed by atoms with van der Waals surface area (Å²) in [5.74, 6) is 0.385. The largest absolute Gasteiger partial charge is 0.488 e. The average molecular weight is 466 g/mol. The van der Waals surface area contributed by atoms with Crippen LogP contribution < -0.4 is 4.74 Å². The van der Waals surface area contributed by atoms with E-state index in [0.717, 1.165) is 37.7 Å². The monoisotopic (exact) mass is 465 g/mol. The first kappa shape index (κ1) is 21.9. The number of nitrogens with zero attached hydrogens (tertiary/aromatic N) is 1. The number of benzene rings is 4. The zero-order valence-electron chi connectivity index (χ0n) is 18.7. The van der Waals surface area contributed by atoms with E-state index < -0.39 is 0 Å². The third-order valence-electron chi connectivity index (χ3n) is 5.54. The minimum absolute atomic E-state index is 0.312. The Balaban J connectivity index is 1.58. The van der Waals surface area contributed by atoms with Crippen molar-refractivity contribution in [1.29, 1.82) is 0 Å². The third-order valence-corrected chi connectivity index (χ3v) is 6.61. The Labute approximate surface area is 202 Å². The molecule has 1 aromatic heterocycles. The van der Waals surface area contributed by atoms with Gasteiger partial charge in [0.25, 0.3) is 0 Å². The number of hydrogen-bond acceptors (Lipinski definition) is 5. The second-order valence-corrected chi connectivity index (χ2v) is 8.76. The van der Waals surface area contributed by atoms with Crippen molar-refractivity contribution in [3.05, 3.63) is 108 Å². The van der Waals surface area contributed by atoms with Crippen molar-refractivity contribution in [3.8, 4) is 5.75 Å². The van der Waals surface area contributed by atoms with Crippen LogP contribution in [0.4, 0.5) is 5.00 Å². The van der Waals surface area contributed by atoms with Crippen molar-refractivity contribution in [1.82, 2.24) is 0 Å². The molecule has 0 aliphatic heterocycles. The van der Waals surface area contributed by atoms with Crippen molar-refractivity contribution in [2.45, 2.75) is 13.5 Å². The average Bonchev–Trinajstić information content (AvgIpc) is 3.25. The molecule has 0 spiro atoms. The minimum Gasteiger partial charge on any atom is -0.488 e. The number of carbonyl (C=O) groups excluding carboxylic acids is 1. The van der Waals surface area contributed by atoms with Crippen molar-refractivity contribution in [3.63, 3.8) is 0 Å². The summed E-state index contributed by atoms with van der Waals surface area (Å²) in [6.07, 6.45) is 1.80. The van der Waals surface area contributed by atoms with Crippen LogP contribution in [0.3, 0.4) is 0 Å². The van der Waals surface area contributed by atoms with Crippen molar-refractivity contribution < 1.29 is 14.3 Å². The van der Waals surface area contributed by atoms with Gasteiger partial charge in [-0.05, 0) is 35.4 Å². The molecule has 0 aliphatic rings. The fraction of sp³-hybridized carbons (Fsp3) is 0.103. The molecule has 4 nitrogen and oxygen atoms in total. The molecule has 0 fully saturated rings. The quantitative estimate of drug-likeness (QED) is 0.184. The number of ether oxygens (including phenoxy) is 2. The van der Waals surface area contributed by atoms with Gasteiger partial charge in [0.2, 0.25) is 0 Å². The zero-order valence-corrected chi connectivity index (χ0v) is 19.5. The molecule has 168 valence electrons. The topological polar surface area (TPSA) is 47.9 Å². The number of esters is 1. The van der Waals surface area contributed by atoms with Crippen molar-refractivity contribution >= 4 is 49.4 Å². The van der Waals surface area contributed by atoms with Gasteiger partial charge in [0, 0.05) is 21.9 Å². The van der Waals surface area contributed by atoms with Gasteiger partial charge in [-0.1, -0.05) is 78.9 Å². The van der Waals surface area contributed by atoms with E-state index in [-0.39, 0.29) is 5.97 Å². The maximum Gasteiger partial charge on any atom is 0.341 e. The number of thiophene rings is 1. The van der Waals surface area contributed by atoms with Crippen molar-refractivity contribution in [2.24, 2.45) is 4.99 Å². The summed E-state index contributed by atoms with van der Waals surface area (Å²) < 4.78 is 12.5. The Morgan fingerprint density at radius 3 is 2.44 bits per heavy atom. The number of hydrogen-bond donors (Lipinski definition) is 0. The van der Waals surface area contributed by atoms with Gasteiger partial charge < -0.3 is 9.47 Å². The summed E-state index contributed by atoms with van der Waals surface area (Å²) >= 11 is 1.48. The zero-order chi connectivity index (χ0) is 23.3. The van der Waals surface area contributed by atoms with E-state index in [2.05, 4.69) is 18.2 Å². The molecular weight excluding hydrogens is 442 g/mol. The summed E-state index contributed by atoms with van der Waals surface area (Å²) in [5, 5.41) is 3.62. The first-order valence-corrected chi connectivity index (χ1v) is 12.0. The maximum atomic E-state index is 12.8. The first-order chi connectivity index (χ1) is 16.7. The molecule has 0 saturated heterocycles. The normalized spacial score (nSPS) is 11.3. The van der Waals surface area contributed by atoms with E-state index in [1.807, 2.05) is 79.7 Å². The molecular formula is C29H23NO3S. The summed E-state index contributed by atoms with van der Waals surface area (Å²) in [6.45, 7) is 2.58. The van der Waals surface area contributed by atoms with Crippen LogP contribution in [0.1, 0.15) is 28.4 Å². The van der Waals surface area contributed by atoms with E-state index in [4.69, 9.17) is 14.5 Å². The second-order valence-electron chi connectivity index (χ2n) is 7.73. The Morgan fingerprint density at radius 2 is 1.62 bits per heavy atom. The molecule has 34 heavy (non-hydrogen) atoms. The van der Waals surface area contributed by atoms with Crippen LogP contribution in [0, 0.1) is 0 Å². The summed E-state index contributed by atoms with van der Waals surface area (Å²) in [4.78, 5) is 17.6. The second kappa shape index (κ2) is 9.89. The Morgan fingerprint density at radius 1 is 0.882 bits per heavy atom. The molecule has 0 N–H and O–H groups in total. The molecule has 4 aromatic carbocycles. The molecule has 0 unspecified atom stereocenters. The SMILES string of the molecule is CCOC(=O)c1c(N=Cc2c(OCc3ccccc3)ccc3ccccc23)sc2ccccc12. The number of fused-ring (bicyclic) bond motifs is 2. The Bertz CT molecular complexity index is 1490. The number of rotatable bonds is 7. The molecule has 0 saturated carbocycles. The molecule has 1 heterocycles. The molecule has 0 radical (unpaired) electrons. The van der Waals surface area contributed by atoms with Crippen LogP contribution in [0.25, 0.3) is 20.9 Å². The highest BCUT2D eigenvalue weighted by molar-refractivity contribution is 7.23. The van der Waals surface area contributed by atoms with Crippen molar-refractivity contribution in [2.75, 3.05) is 6.61 Å². The van der Waals surface area contributed by atoms with Crippen LogP contribution in [0.2, 0.25) is 0 Å². The predicted octanol–water partition coefficient (Wildman–Crippen LogP) is 7.56. The van der Waals surface area contributed by atoms with Gasteiger partial charge in [0.05, 0.1) is 6.61 Å². The highest BCUT2D eigenvalue weighted by atomic mass is 32.1. The van der Waals surface area contributed by atoms with Gasteiger partial charge in [-0.15, -0.1) is 11.3 Å². The van der Waals surface area contributed by atoms with E-state index in [1.54, 1.807) is 6.21 Å². The van der Waals surface area contributed by atoms with Crippen LogP contribution in [0.5, 0.6) is 5.75 Å². The molecule has 0 aliphatic carbocycles. The van der Waals surface area contributed by atoms with Gasteiger partial charge in [0.1, 0.15) is 22.9 Å². The van der Waals surface area contributed by atoms with Gasteiger partial charge in [-0.2, -0.15) is 0 Å². The van der Waals surface area contributed by atoms with Crippen LogP contribution in [-0.2, 0) is 11.3 Å². The third kappa shape index (κ3) is 4.43. The number of aliphatic imine (C=N–C) groups is 1. The molecule has 0 atom stereocenters. The maximum absolute atomic E-state index is 12.8. The van der Waals surface area contributed by atoms with Crippen LogP contribution >= 0.6 is 11.3 Å². The minimum atomic E-state index is -0.356. The predicted molar refractivity (Wildman–Crippen MR) is 140 cm³/mol. The molecule has 5 heteroatoms. The van der Waals surface area contributed by atoms with Crippen LogP contribution in [-0.4, -0.2) is 18.8 Å². The summed E-state index contributed by atoms with van der Waals surface area (Å²) in [5.41, 5.74) is 2.47. The van der Waals surface area contributed by atoms with Gasteiger partial charge >= 0.3 is 5.97 Å². The highest BCUT2D eigenvalue weighted by Crippen LogP contribution is 2.38. The van der Waals surface area contributed by atoms with E-state index >= 15 is 0 Å². The van der Waals surface area contributed by atoms with E-state index in [9.17, 15) is 4.79 Å². The van der Waals surface area contributed by atoms with Gasteiger partial charge in [0.15, 0.2) is 0 Å². The number of carbonyl (C=O) groups is 1. The molecule has 0 bridgehead atoms. The summed E-state index contributed by atoms with van der Waals surface area (Å²) in [7, 11) is 0. The van der Waals surface area contributed by atoms with E-state index in [0.29, 0.717) is 23.8 Å². The van der Waals surface area contributed by atoms with Crippen LogP contribution in [0.15, 0.2) is 96.0 Å². The molecule has 5 aromatic rings. The lowest BCUT2D eigenvalue weighted by atomic mass is 10.0. The lowest BCUT2D eigenvalue weighted by Gasteiger charge is -2.12. The smallest absolute Gasteiger partial charge is 0.341 e. The molecule has 0 amide bonds. The Hall–Kier alpha value is -3.96. The lowest BCUT2D eigenvalue weighted by molar-refractivity contribution is 0.0530. The highest BCUT2D eigenvalue weighted by Gasteiger charge is 2.20. The van der Waals surface area contributed by atoms with Gasteiger partial charge in [-0.25, -0.2) is 9.79 Å². The fourth-order valence-corrected chi connectivity index (χ4v) is 4.95. The Kier molecular flexibility index (Phi) is 6.36. The lowest BCUT2D eigenvalue weighted by Crippen LogP contribution is -2.04. The van der Waals surface area contributed by atoms with E-state index in [1.165, 1.54) is 11.3 Å². The first-order valence-electron chi connectivity index (χ1n) is 11.2. The van der Waals surface area contributed by atoms with Gasteiger partial charge in [-0.3, -0.25) is 0 Å². The standard InChI is InChI=1S/C29H23NO3S/c1-2-32-29(31)27-23-14-8-9-15-26(23)34-28(27)30-18-24-22-13-7-6-12-21(22)16-17-25(24)33-19-20-10-4-3-5-11-20/h3-18H,2,19H2,1H3. The fourth-order valence-electron chi connectivity index (χ4n) is 3.92. The molecule has 5 rings (SSSR count). The summed E-state index contributed by atoms with van der Waals surface area (Å²) in [6, 6.07) is 30.0.